The molecule has 0 aliphatic rings. The van der Waals surface area contributed by atoms with Crippen LogP contribution < -0.4 is 0 Å². The third-order valence-electron chi connectivity index (χ3n) is 2.41. The Morgan fingerprint density at radius 3 is 2.24 bits per heavy atom. The molecule has 0 heterocycles. The van der Waals surface area contributed by atoms with Crippen molar-refractivity contribution in [1.29, 1.82) is 0 Å². The Bertz CT molecular complexity index is 335. The molecule has 17 heavy (non-hydrogen) atoms. The van der Waals surface area contributed by atoms with Crippen molar-refractivity contribution in [3.05, 3.63) is 35.4 Å². The van der Waals surface area contributed by atoms with E-state index in [1.807, 2.05) is 0 Å². The van der Waals surface area contributed by atoms with Crippen molar-refractivity contribution in [3.63, 3.8) is 0 Å². The molecule has 1 atom stereocenters. The summed E-state index contributed by atoms with van der Waals surface area (Å²) in [5.74, 6) is 0. The van der Waals surface area contributed by atoms with E-state index in [9.17, 15) is 13.2 Å². The van der Waals surface area contributed by atoms with Gasteiger partial charge in [0.05, 0.1) is 0 Å². The summed E-state index contributed by atoms with van der Waals surface area (Å²) in [6, 6.07) is 6.39. The Hall–Kier alpha value is -0.550. The molecule has 1 unspecified atom stereocenters. The van der Waals surface area contributed by atoms with Gasteiger partial charge in [-0.3, -0.25) is 0 Å². The van der Waals surface area contributed by atoms with Gasteiger partial charge in [0.15, 0.2) is 6.10 Å². The third kappa shape index (κ3) is 4.32. The van der Waals surface area contributed by atoms with E-state index in [2.05, 4.69) is 20.7 Å². The van der Waals surface area contributed by atoms with Crippen LogP contribution in [0.25, 0.3) is 0 Å². The van der Waals surface area contributed by atoms with Gasteiger partial charge in [0.1, 0.15) is 0 Å². The van der Waals surface area contributed by atoms with Crippen LogP contribution in [-0.2, 0) is 11.2 Å². The van der Waals surface area contributed by atoms with E-state index in [0.29, 0.717) is 0 Å². The van der Waals surface area contributed by atoms with E-state index in [1.165, 1.54) is 12.1 Å². The van der Waals surface area contributed by atoms with E-state index >= 15 is 0 Å². The average Bonchev–Trinajstić information content (AvgIpc) is 2.27. The maximum absolute atomic E-state index is 12.6. The molecule has 0 spiro atoms. The highest BCUT2D eigenvalue weighted by molar-refractivity contribution is 9.09. The summed E-state index contributed by atoms with van der Waals surface area (Å²) < 4.78 is 42.2. The number of benzene rings is 1. The summed E-state index contributed by atoms with van der Waals surface area (Å²) in [4.78, 5) is 0. The molecule has 0 fully saturated rings. The molecule has 0 amide bonds. The molecule has 0 saturated heterocycles. The number of rotatable bonds is 5. The van der Waals surface area contributed by atoms with Crippen molar-refractivity contribution in [2.45, 2.75) is 25.1 Å². The highest BCUT2D eigenvalue weighted by Gasteiger charge is 2.40. The van der Waals surface area contributed by atoms with Crippen molar-refractivity contribution in [2.24, 2.45) is 0 Å². The summed E-state index contributed by atoms with van der Waals surface area (Å²) in [6.45, 7) is 0. The largest absolute Gasteiger partial charge is 0.418 e. The second-order valence-electron chi connectivity index (χ2n) is 3.69. The van der Waals surface area contributed by atoms with Crippen LogP contribution in [0.4, 0.5) is 13.2 Å². The summed E-state index contributed by atoms with van der Waals surface area (Å²) >= 11 is 3.31. The van der Waals surface area contributed by atoms with Gasteiger partial charge in [0.2, 0.25) is 0 Å². The molecule has 1 nitrogen and oxygen atoms in total. The number of halogens is 4. The standard InChI is InChI=1S/C12H14BrF3O/c1-17-11(12(14,15)16)10-6-4-9(5-7-10)3-2-8-13/h4-7,11H,2-3,8H2,1H3. The van der Waals surface area contributed by atoms with Crippen LogP contribution in [0.5, 0.6) is 0 Å². The molecular weight excluding hydrogens is 297 g/mol. The van der Waals surface area contributed by atoms with Crippen LogP contribution in [0.1, 0.15) is 23.7 Å². The molecular formula is C12H14BrF3O. The Morgan fingerprint density at radius 2 is 1.82 bits per heavy atom. The number of hydrogen-bond acceptors (Lipinski definition) is 1. The average molecular weight is 311 g/mol. The SMILES string of the molecule is COC(c1ccc(CCCBr)cc1)C(F)(F)F. The minimum Gasteiger partial charge on any atom is -0.367 e. The van der Waals surface area contributed by atoms with E-state index in [1.54, 1.807) is 12.1 Å². The lowest BCUT2D eigenvalue weighted by Crippen LogP contribution is -2.22. The van der Waals surface area contributed by atoms with Gasteiger partial charge < -0.3 is 4.74 Å². The van der Waals surface area contributed by atoms with Gasteiger partial charge in [-0.15, -0.1) is 0 Å². The van der Waals surface area contributed by atoms with Crippen LogP contribution in [0.15, 0.2) is 24.3 Å². The van der Waals surface area contributed by atoms with Crippen LogP contribution in [0, 0.1) is 0 Å². The highest BCUT2D eigenvalue weighted by atomic mass is 79.9. The number of methoxy groups -OCH3 is 1. The summed E-state index contributed by atoms with van der Waals surface area (Å²) in [5, 5.41) is 0.887. The smallest absolute Gasteiger partial charge is 0.367 e. The molecule has 96 valence electrons. The van der Waals surface area contributed by atoms with Crippen molar-refractivity contribution in [3.8, 4) is 0 Å². The van der Waals surface area contributed by atoms with Gasteiger partial charge in [-0.25, -0.2) is 0 Å². The minimum absolute atomic E-state index is 0.141. The van der Waals surface area contributed by atoms with Crippen molar-refractivity contribution >= 4 is 15.9 Å². The molecule has 0 bridgehead atoms. The summed E-state index contributed by atoms with van der Waals surface area (Å²) in [7, 11) is 1.07. The lowest BCUT2D eigenvalue weighted by atomic mass is 10.0. The number of hydrogen-bond donors (Lipinski definition) is 0. The maximum Gasteiger partial charge on any atom is 0.418 e. The zero-order valence-electron chi connectivity index (χ0n) is 9.43. The van der Waals surface area contributed by atoms with E-state index < -0.39 is 12.3 Å². The zero-order valence-corrected chi connectivity index (χ0v) is 11.0. The minimum atomic E-state index is -4.37. The number of alkyl halides is 4. The summed E-state index contributed by atoms with van der Waals surface area (Å²) in [5.41, 5.74) is 1.17. The lowest BCUT2D eigenvalue weighted by molar-refractivity contribution is -0.215. The first-order chi connectivity index (χ1) is 7.99. The van der Waals surface area contributed by atoms with E-state index in [0.717, 1.165) is 30.8 Å². The van der Waals surface area contributed by atoms with Crippen molar-refractivity contribution < 1.29 is 17.9 Å². The Kier molecular flexibility index (Phi) is 5.46. The van der Waals surface area contributed by atoms with Gasteiger partial charge in [0.25, 0.3) is 0 Å². The topological polar surface area (TPSA) is 9.23 Å². The first-order valence-corrected chi connectivity index (χ1v) is 6.35. The maximum atomic E-state index is 12.6. The summed E-state index contributed by atoms with van der Waals surface area (Å²) in [6.07, 6.45) is -4.39. The van der Waals surface area contributed by atoms with Gasteiger partial charge in [0, 0.05) is 12.4 Å². The van der Waals surface area contributed by atoms with Gasteiger partial charge in [-0.1, -0.05) is 40.2 Å². The van der Waals surface area contributed by atoms with Gasteiger partial charge in [-0.2, -0.15) is 13.2 Å². The number of aryl methyl sites for hydroxylation is 1. The van der Waals surface area contributed by atoms with Gasteiger partial charge >= 0.3 is 6.18 Å². The Labute approximate surface area is 107 Å². The van der Waals surface area contributed by atoms with Crippen molar-refractivity contribution in [1.82, 2.24) is 0 Å². The molecule has 0 aliphatic carbocycles. The fourth-order valence-corrected chi connectivity index (χ4v) is 1.87. The second-order valence-corrected chi connectivity index (χ2v) is 4.48. The number of ether oxygens (including phenoxy) is 1. The highest BCUT2D eigenvalue weighted by Crippen LogP contribution is 2.35. The Balaban J connectivity index is 2.78. The van der Waals surface area contributed by atoms with Crippen LogP contribution >= 0.6 is 15.9 Å². The third-order valence-corrected chi connectivity index (χ3v) is 2.98. The molecule has 5 heteroatoms. The monoisotopic (exact) mass is 310 g/mol. The molecule has 1 rings (SSSR count). The first kappa shape index (κ1) is 14.5. The molecule has 0 aliphatic heterocycles. The molecule has 1 aromatic carbocycles. The van der Waals surface area contributed by atoms with E-state index in [-0.39, 0.29) is 5.56 Å². The zero-order chi connectivity index (χ0) is 12.9. The predicted octanol–water partition coefficient (Wildman–Crippen LogP) is 4.26. The first-order valence-electron chi connectivity index (χ1n) is 5.23. The van der Waals surface area contributed by atoms with E-state index in [4.69, 9.17) is 0 Å². The molecule has 0 saturated carbocycles. The quantitative estimate of drug-likeness (QED) is 0.738. The molecule has 1 aromatic rings. The lowest BCUT2D eigenvalue weighted by Gasteiger charge is -2.19. The van der Waals surface area contributed by atoms with Gasteiger partial charge in [-0.05, 0) is 24.0 Å². The fourth-order valence-electron chi connectivity index (χ4n) is 1.59. The normalized spacial score (nSPS) is 13.7. The molecule has 0 radical (unpaired) electrons. The predicted molar refractivity (Wildman–Crippen MR) is 64.4 cm³/mol. The van der Waals surface area contributed by atoms with Crippen molar-refractivity contribution in [2.75, 3.05) is 12.4 Å². The second kappa shape index (κ2) is 6.40. The Morgan fingerprint density at radius 1 is 1.24 bits per heavy atom. The van der Waals surface area contributed by atoms with Crippen LogP contribution in [0.3, 0.4) is 0 Å². The molecule has 0 aromatic heterocycles. The van der Waals surface area contributed by atoms with Crippen LogP contribution in [-0.4, -0.2) is 18.6 Å². The van der Waals surface area contributed by atoms with Crippen LogP contribution in [0.2, 0.25) is 0 Å². The fraction of sp³-hybridized carbons (Fsp3) is 0.500. The molecule has 0 N–H and O–H groups in total.